The van der Waals surface area contributed by atoms with Gasteiger partial charge in [0.15, 0.2) is 27.8 Å². The molecular formula is C38H33ClN2O7S. The first-order chi connectivity index (χ1) is 23.8. The standard InChI is InChI=1S/C38H33ClN2O7S/c1-5-47-37(43)33-34(25-9-7-6-8-10-25)40-38-41(35(33)26-14-18-28(44-2)31(21-26)46-4)36(42)32(49-38)20-24-13-17-29(30(19-24)45-3)48-22-23-11-15-27(39)16-12-23/h6-21,35H,5,22H2,1-4H3/b32-20-/t35-/m0/s1. The van der Waals surface area contributed by atoms with Gasteiger partial charge in [-0.3, -0.25) is 9.36 Å². The normalized spacial score (nSPS) is 14.1. The van der Waals surface area contributed by atoms with Gasteiger partial charge in [-0.2, -0.15) is 0 Å². The number of methoxy groups -OCH3 is 3. The summed E-state index contributed by atoms with van der Waals surface area (Å²) in [6, 6.07) is 26.7. The van der Waals surface area contributed by atoms with Crippen LogP contribution in [-0.2, 0) is 16.1 Å². The molecule has 49 heavy (non-hydrogen) atoms. The van der Waals surface area contributed by atoms with Gasteiger partial charge in [-0.25, -0.2) is 9.79 Å². The van der Waals surface area contributed by atoms with E-state index in [4.69, 9.17) is 40.3 Å². The van der Waals surface area contributed by atoms with E-state index < -0.39 is 12.0 Å². The number of rotatable bonds is 11. The van der Waals surface area contributed by atoms with Crippen LogP contribution in [0.2, 0.25) is 5.02 Å². The summed E-state index contributed by atoms with van der Waals surface area (Å²) in [5.74, 6) is 1.45. The SMILES string of the molecule is CCOC(=O)C1=C(c2ccccc2)N=c2s/c(=C\c3ccc(OCc4ccc(Cl)cc4)c(OC)c3)c(=O)n2[C@H]1c1ccc(OC)c(OC)c1. The summed E-state index contributed by atoms with van der Waals surface area (Å²) in [6.45, 7) is 2.21. The van der Waals surface area contributed by atoms with Crippen LogP contribution in [0.1, 0.15) is 35.2 Å². The van der Waals surface area contributed by atoms with Crippen molar-refractivity contribution in [2.75, 3.05) is 27.9 Å². The summed E-state index contributed by atoms with van der Waals surface area (Å²) in [6.07, 6.45) is 1.78. The van der Waals surface area contributed by atoms with Crippen molar-refractivity contribution >= 4 is 40.7 Å². The Morgan fingerprint density at radius 2 is 1.57 bits per heavy atom. The van der Waals surface area contributed by atoms with Gasteiger partial charge in [0.05, 0.1) is 49.8 Å². The van der Waals surface area contributed by atoms with Gasteiger partial charge in [0.25, 0.3) is 5.56 Å². The topological polar surface area (TPSA) is 97.6 Å². The van der Waals surface area contributed by atoms with Crippen LogP contribution >= 0.6 is 22.9 Å². The Morgan fingerprint density at radius 1 is 0.878 bits per heavy atom. The number of carbonyl (C=O) groups excluding carboxylic acids is 1. The number of benzene rings is 4. The first-order valence-electron chi connectivity index (χ1n) is 15.4. The molecule has 1 aromatic heterocycles. The minimum absolute atomic E-state index is 0.148. The monoisotopic (exact) mass is 696 g/mol. The molecule has 250 valence electrons. The average molecular weight is 697 g/mol. The Bertz CT molecular complexity index is 2210. The van der Waals surface area contributed by atoms with Crippen LogP contribution < -0.4 is 33.8 Å². The third-order valence-electron chi connectivity index (χ3n) is 7.89. The zero-order valence-electron chi connectivity index (χ0n) is 27.3. The number of ether oxygens (including phenoxy) is 5. The third kappa shape index (κ3) is 6.97. The number of hydrogen-bond acceptors (Lipinski definition) is 9. The molecule has 0 unspecified atom stereocenters. The van der Waals surface area contributed by atoms with E-state index in [0.717, 1.165) is 11.1 Å². The van der Waals surface area contributed by atoms with Gasteiger partial charge in [-0.05, 0) is 66.1 Å². The smallest absolute Gasteiger partial charge is 0.338 e. The Kier molecular flexibility index (Phi) is 10.2. The van der Waals surface area contributed by atoms with Gasteiger partial charge in [-0.15, -0.1) is 0 Å². The molecule has 4 aromatic carbocycles. The second-order valence-corrected chi connectivity index (χ2v) is 12.3. The number of fused-ring (bicyclic) bond motifs is 1. The van der Waals surface area contributed by atoms with E-state index in [1.807, 2.05) is 66.7 Å². The molecule has 0 N–H and O–H groups in total. The zero-order valence-corrected chi connectivity index (χ0v) is 28.8. The molecule has 0 bridgehead atoms. The van der Waals surface area contributed by atoms with Gasteiger partial charge in [0, 0.05) is 10.6 Å². The third-order valence-corrected chi connectivity index (χ3v) is 9.12. The highest BCUT2D eigenvalue weighted by Crippen LogP contribution is 2.38. The van der Waals surface area contributed by atoms with Crippen molar-refractivity contribution in [3.05, 3.63) is 144 Å². The number of hydrogen-bond donors (Lipinski definition) is 0. The van der Waals surface area contributed by atoms with E-state index >= 15 is 0 Å². The summed E-state index contributed by atoms with van der Waals surface area (Å²) < 4.78 is 30.3. The van der Waals surface area contributed by atoms with Crippen LogP contribution in [0.5, 0.6) is 23.0 Å². The molecule has 6 rings (SSSR count). The first kappa shape index (κ1) is 33.6. The zero-order chi connectivity index (χ0) is 34.5. The number of esters is 1. The lowest BCUT2D eigenvalue weighted by Gasteiger charge is -2.26. The predicted octanol–water partition coefficient (Wildman–Crippen LogP) is 6.19. The first-order valence-corrected chi connectivity index (χ1v) is 16.6. The van der Waals surface area contributed by atoms with Crippen LogP contribution in [-0.4, -0.2) is 38.5 Å². The van der Waals surface area contributed by atoms with Gasteiger partial charge >= 0.3 is 5.97 Å². The van der Waals surface area contributed by atoms with E-state index in [2.05, 4.69) is 0 Å². The van der Waals surface area contributed by atoms with E-state index in [1.165, 1.54) is 23.0 Å². The number of carbonyl (C=O) groups is 1. The van der Waals surface area contributed by atoms with Gasteiger partial charge in [0.1, 0.15) is 6.61 Å². The van der Waals surface area contributed by atoms with Crippen LogP contribution in [0.15, 0.2) is 106 Å². The van der Waals surface area contributed by atoms with Crippen LogP contribution in [0.25, 0.3) is 11.8 Å². The quantitative estimate of drug-likeness (QED) is 0.152. The van der Waals surface area contributed by atoms with Gasteiger partial charge in [-0.1, -0.05) is 77.5 Å². The molecule has 11 heteroatoms. The summed E-state index contributed by atoms with van der Waals surface area (Å²) in [5.41, 5.74) is 3.36. The molecular weight excluding hydrogens is 664 g/mol. The molecule has 1 aliphatic rings. The molecule has 1 atom stereocenters. The Balaban J connectivity index is 1.49. The Labute approximate surface area is 291 Å². The van der Waals surface area contributed by atoms with E-state index in [1.54, 1.807) is 51.5 Å². The predicted molar refractivity (Wildman–Crippen MR) is 189 cm³/mol. The fourth-order valence-corrected chi connectivity index (χ4v) is 6.69. The maximum Gasteiger partial charge on any atom is 0.338 e. The highest BCUT2D eigenvalue weighted by Gasteiger charge is 2.35. The number of thiazole rings is 1. The van der Waals surface area contributed by atoms with Gasteiger partial charge in [0.2, 0.25) is 0 Å². The lowest BCUT2D eigenvalue weighted by Crippen LogP contribution is -2.40. The van der Waals surface area contributed by atoms with Crippen molar-refractivity contribution < 1.29 is 28.5 Å². The molecule has 0 saturated carbocycles. The molecule has 0 aliphatic carbocycles. The minimum Gasteiger partial charge on any atom is -0.493 e. The van der Waals surface area contributed by atoms with E-state index in [9.17, 15) is 9.59 Å². The molecule has 1 aliphatic heterocycles. The highest BCUT2D eigenvalue weighted by molar-refractivity contribution is 7.07. The van der Waals surface area contributed by atoms with Crippen molar-refractivity contribution in [3.8, 4) is 23.0 Å². The summed E-state index contributed by atoms with van der Waals surface area (Å²) in [7, 11) is 4.64. The lowest BCUT2D eigenvalue weighted by molar-refractivity contribution is -0.138. The van der Waals surface area contributed by atoms with E-state index in [-0.39, 0.29) is 17.7 Å². The summed E-state index contributed by atoms with van der Waals surface area (Å²) in [4.78, 5) is 33.5. The van der Waals surface area contributed by atoms with Crippen LogP contribution in [0.3, 0.4) is 0 Å². The fourth-order valence-electron chi connectivity index (χ4n) is 5.56. The van der Waals surface area contributed by atoms with Crippen molar-refractivity contribution in [3.63, 3.8) is 0 Å². The fraction of sp³-hybridized carbons (Fsp3) is 0.184. The molecule has 2 heterocycles. The molecule has 9 nitrogen and oxygen atoms in total. The molecule has 0 fully saturated rings. The van der Waals surface area contributed by atoms with Crippen molar-refractivity contribution in [1.29, 1.82) is 0 Å². The second kappa shape index (κ2) is 14.8. The van der Waals surface area contributed by atoms with Crippen molar-refractivity contribution in [1.82, 2.24) is 4.57 Å². The van der Waals surface area contributed by atoms with E-state index in [0.29, 0.717) is 60.8 Å². The van der Waals surface area contributed by atoms with Crippen molar-refractivity contribution in [2.24, 2.45) is 4.99 Å². The average Bonchev–Trinajstić information content (AvgIpc) is 3.44. The van der Waals surface area contributed by atoms with Crippen molar-refractivity contribution in [2.45, 2.75) is 19.6 Å². The van der Waals surface area contributed by atoms with Crippen LogP contribution in [0.4, 0.5) is 0 Å². The maximum atomic E-state index is 14.3. The highest BCUT2D eigenvalue weighted by atomic mass is 35.5. The molecule has 5 aromatic rings. The Morgan fingerprint density at radius 3 is 2.27 bits per heavy atom. The lowest BCUT2D eigenvalue weighted by atomic mass is 9.93. The molecule has 0 spiro atoms. The summed E-state index contributed by atoms with van der Waals surface area (Å²) in [5, 5.41) is 0.652. The number of aromatic nitrogens is 1. The summed E-state index contributed by atoms with van der Waals surface area (Å²) >= 11 is 7.24. The molecule has 0 radical (unpaired) electrons. The molecule has 0 amide bonds. The minimum atomic E-state index is -0.870. The van der Waals surface area contributed by atoms with Crippen LogP contribution in [0, 0.1) is 0 Å². The molecule has 0 saturated heterocycles. The second-order valence-electron chi connectivity index (χ2n) is 10.9. The largest absolute Gasteiger partial charge is 0.493 e. The Hall–Kier alpha value is -5.32. The number of nitrogens with zero attached hydrogens (tertiary/aromatic N) is 2. The number of halogens is 1. The maximum absolute atomic E-state index is 14.3. The van der Waals surface area contributed by atoms with Gasteiger partial charge < -0.3 is 23.7 Å².